The van der Waals surface area contributed by atoms with Crippen LogP contribution in [0.2, 0.25) is 0 Å². The maximum atomic E-state index is 13.0. The topological polar surface area (TPSA) is 65.4 Å². The predicted molar refractivity (Wildman–Crippen MR) is 114 cm³/mol. The summed E-state index contributed by atoms with van der Waals surface area (Å²) in [5.74, 6) is 1.02. The molecule has 29 heavy (non-hydrogen) atoms. The SMILES string of the molecule is CC(C)(C)[C@H]1CC[C@]2(CC1)CC(C(=O)N1CCN(c3ccc(O)cc3)CC1)=NO2. The Morgan fingerprint density at radius 1 is 1.10 bits per heavy atom. The van der Waals surface area contributed by atoms with Gasteiger partial charge < -0.3 is 19.7 Å². The van der Waals surface area contributed by atoms with Crippen LogP contribution in [0.5, 0.6) is 5.75 Å². The smallest absolute Gasteiger partial charge is 0.271 e. The summed E-state index contributed by atoms with van der Waals surface area (Å²) >= 11 is 0. The fraction of sp³-hybridized carbons (Fsp3) is 0.652. The van der Waals surface area contributed by atoms with E-state index < -0.39 is 0 Å². The third-order valence-corrected chi connectivity index (χ3v) is 6.99. The average molecular weight is 400 g/mol. The molecule has 2 heterocycles. The Bertz CT molecular complexity index is 766. The molecular formula is C23H33N3O3. The van der Waals surface area contributed by atoms with Crippen molar-refractivity contribution in [1.29, 1.82) is 0 Å². The lowest BCUT2D eigenvalue weighted by atomic mass is 9.67. The van der Waals surface area contributed by atoms with E-state index in [9.17, 15) is 9.90 Å². The zero-order valence-electron chi connectivity index (χ0n) is 17.9. The molecule has 2 aliphatic heterocycles. The van der Waals surface area contributed by atoms with Gasteiger partial charge in [-0.2, -0.15) is 0 Å². The molecule has 0 bridgehead atoms. The first-order chi connectivity index (χ1) is 13.8. The molecule has 1 saturated heterocycles. The summed E-state index contributed by atoms with van der Waals surface area (Å²) in [7, 11) is 0. The number of phenolic OH excluding ortho intramolecular Hbond substituents is 1. The lowest BCUT2D eigenvalue weighted by Gasteiger charge is -2.40. The van der Waals surface area contributed by atoms with Gasteiger partial charge in [0.05, 0.1) is 0 Å². The molecule has 1 aromatic rings. The van der Waals surface area contributed by atoms with Gasteiger partial charge >= 0.3 is 0 Å². The zero-order valence-corrected chi connectivity index (χ0v) is 17.9. The van der Waals surface area contributed by atoms with Crippen molar-refractivity contribution in [3.05, 3.63) is 24.3 Å². The molecule has 1 aliphatic carbocycles. The van der Waals surface area contributed by atoms with Crippen molar-refractivity contribution in [2.45, 2.75) is 58.5 Å². The summed E-state index contributed by atoms with van der Waals surface area (Å²) in [4.78, 5) is 23.0. The van der Waals surface area contributed by atoms with Gasteiger partial charge in [0, 0.05) is 38.3 Å². The number of anilines is 1. The average Bonchev–Trinajstić information content (AvgIpc) is 3.11. The number of amides is 1. The minimum atomic E-state index is -0.249. The summed E-state index contributed by atoms with van der Waals surface area (Å²) in [6, 6.07) is 7.23. The number of phenols is 1. The number of carbonyl (C=O) groups excluding carboxylic acids is 1. The van der Waals surface area contributed by atoms with Crippen LogP contribution in [-0.2, 0) is 9.63 Å². The van der Waals surface area contributed by atoms with Crippen LogP contribution in [0, 0.1) is 11.3 Å². The number of benzene rings is 1. The van der Waals surface area contributed by atoms with E-state index in [1.807, 2.05) is 17.0 Å². The second-order valence-electron chi connectivity index (χ2n) is 9.93. The van der Waals surface area contributed by atoms with Crippen molar-refractivity contribution >= 4 is 17.3 Å². The number of nitrogens with zero attached hydrogens (tertiary/aromatic N) is 3. The van der Waals surface area contributed by atoms with Gasteiger partial charge in [-0.25, -0.2) is 0 Å². The summed E-state index contributed by atoms with van der Waals surface area (Å²) in [6.45, 7) is 9.86. The summed E-state index contributed by atoms with van der Waals surface area (Å²) < 4.78 is 0. The Labute approximate surface area is 173 Å². The Kier molecular flexibility index (Phi) is 5.21. The molecule has 0 aromatic heterocycles. The van der Waals surface area contributed by atoms with Crippen molar-refractivity contribution < 1.29 is 14.7 Å². The predicted octanol–water partition coefficient (Wildman–Crippen LogP) is 3.79. The Hall–Kier alpha value is -2.24. The van der Waals surface area contributed by atoms with Crippen LogP contribution in [0.4, 0.5) is 5.69 Å². The first-order valence-corrected chi connectivity index (χ1v) is 10.8. The Morgan fingerprint density at radius 3 is 2.31 bits per heavy atom. The van der Waals surface area contributed by atoms with Crippen LogP contribution >= 0.6 is 0 Å². The molecule has 3 aliphatic rings. The molecule has 1 aromatic carbocycles. The number of aromatic hydroxyl groups is 1. The monoisotopic (exact) mass is 399 g/mol. The summed E-state index contributed by atoms with van der Waals surface area (Å²) in [5, 5.41) is 13.7. The fourth-order valence-electron chi connectivity index (χ4n) is 4.93. The molecule has 0 unspecified atom stereocenters. The Balaban J connectivity index is 1.30. The van der Waals surface area contributed by atoms with Crippen LogP contribution in [0.25, 0.3) is 0 Å². The van der Waals surface area contributed by atoms with Crippen LogP contribution in [-0.4, -0.2) is 53.4 Å². The summed E-state index contributed by atoms with van der Waals surface area (Å²) in [5.41, 5.74) is 1.75. The molecular weight excluding hydrogens is 366 g/mol. The van der Waals surface area contributed by atoms with Crippen LogP contribution in [0.15, 0.2) is 29.4 Å². The van der Waals surface area contributed by atoms with Gasteiger partial charge in [-0.05, 0) is 61.3 Å². The molecule has 1 amide bonds. The fourth-order valence-corrected chi connectivity index (χ4v) is 4.93. The molecule has 1 N–H and O–H groups in total. The third-order valence-electron chi connectivity index (χ3n) is 6.99. The minimum Gasteiger partial charge on any atom is -0.508 e. The van der Waals surface area contributed by atoms with Crippen molar-refractivity contribution in [2.75, 3.05) is 31.1 Å². The minimum absolute atomic E-state index is 0.0326. The lowest BCUT2D eigenvalue weighted by molar-refractivity contribution is -0.124. The Morgan fingerprint density at radius 2 is 1.72 bits per heavy atom. The number of hydrogen-bond donors (Lipinski definition) is 1. The van der Waals surface area contributed by atoms with E-state index in [2.05, 4.69) is 30.8 Å². The summed E-state index contributed by atoms with van der Waals surface area (Å²) in [6.07, 6.45) is 4.92. The highest BCUT2D eigenvalue weighted by Gasteiger charge is 2.46. The van der Waals surface area contributed by atoms with Gasteiger partial charge in [0.15, 0.2) is 0 Å². The molecule has 1 spiro atoms. The third kappa shape index (κ3) is 4.21. The number of hydrogen-bond acceptors (Lipinski definition) is 5. The molecule has 6 nitrogen and oxygen atoms in total. The largest absolute Gasteiger partial charge is 0.508 e. The van der Waals surface area contributed by atoms with E-state index in [-0.39, 0.29) is 17.3 Å². The van der Waals surface area contributed by atoms with Crippen molar-refractivity contribution in [2.24, 2.45) is 16.5 Å². The van der Waals surface area contributed by atoms with Crippen molar-refractivity contribution in [3.63, 3.8) is 0 Å². The van der Waals surface area contributed by atoms with Crippen molar-refractivity contribution in [1.82, 2.24) is 4.90 Å². The molecule has 6 heteroatoms. The van der Waals surface area contributed by atoms with Gasteiger partial charge in [0.2, 0.25) is 0 Å². The second-order valence-corrected chi connectivity index (χ2v) is 9.93. The molecule has 0 radical (unpaired) electrons. The number of carbonyl (C=O) groups is 1. The normalized spacial score (nSPS) is 27.7. The highest BCUT2D eigenvalue weighted by Crippen LogP contribution is 2.46. The van der Waals surface area contributed by atoms with E-state index in [0.29, 0.717) is 36.6 Å². The number of piperazine rings is 1. The lowest BCUT2D eigenvalue weighted by Crippen LogP contribution is -2.51. The number of oxime groups is 1. The maximum absolute atomic E-state index is 13.0. The van der Waals surface area contributed by atoms with Gasteiger partial charge in [0.25, 0.3) is 5.91 Å². The van der Waals surface area contributed by atoms with Gasteiger partial charge in [-0.3, -0.25) is 4.79 Å². The van der Waals surface area contributed by atoms with Crippen LogP contribution < -0.4 is 4.90 Å². The van der Waals surface area contributed by atoms with Crippen LogP contribution in [0.3, 0.4) is 0 Å². The molecule has 1 saturated carbocycles. The molecule has 158 valence electrons. The van der Waals surface area contributed by atoms with Gasteiger partial charge in [-0.15, -0.1) is 0 Å². The highest BCUT2D eigenvalue weighted by atomic mass is 16.7. The van der Waals surface area contributed by atoms with E-state index in [4.69, 9.17) is 4.84 Å². The standard InChI is InChI=1S/C23H33N3O3/c1-22(2,3)17-8-10-23(11-9-17)16-20(24-29-23)21(28)26-14-12-25(13-15-26)18-4-6-19(27)7-5-18/h4-7,17,27H,8-16H2,1-3H3/t17-,23-. The quantitative estimate of drug-likeness (QED) is 0.822. The van der Waals surface area contributed by atoms with E-state index in [1.165, 1.54) is 0 Å². The van der Waals surface area contributed by atoms with Crippen molar-refractivity contribution in [3.8, 4) is 5.75 Å². The first kappa shape index (κ1) is 20.0. The van der Waals surface area contributed by atoms with E-state index in [0.717, 1.165) is 44.5 Å². The zero-order chi connectivity index (χ0) is 20.6. The second kappa shape index (κ2) is 7.54. The highest BCUT2D eigenvalue weighted by molar-refractivity contribution is 6.39. The number of rotatable bonds is 2. The molecule has 0 atom stereocenters. The first-order valence-electron chi connectivity index (χ1n) is 10.8. The van der Waals surface area contributed by atoms with Crippen LogP contribution in [0.1, 0.15) is 52.9 Å². The van der Waals surface area contributed by atoms with E-state index >= 15 is 0 Å². The molecule has 2 fully saturated rings. The van der Waals surface area contributed by atoms with Gasteiger partial charge in [-0.1, -0.05) is 25.9 Å². The molecule has 4 rings (SSSR count). The van der Waals surface area contributed by atoms with E-state index in [1.54, 1.807) is 12.1 Å². The van der Waals surface area contributed by atoms with Gasteiger partial charge in [0.1, 0.15) is 17.1 Å². The maximum Gasteiger partial charge on any atom is 0.271 e.